The number of aromatic nitrogens is 2. The molecule has 9 nitrogen and oxygen atoms in total. The molecule has 0 unspecified atom stereocenters. The van der Waals surface area contributed by atoms with Crippen LogP contribution < -0.4 is 20.8 Å². The molecule has 3 aromatic rings. The van der Waals surface area contributed by atoms with Gasteiger partial charge in [0, 0.05) is 12.6 Å². The molecule has 3 rings (SSSR count). The second-order valence-corrected chi connectivity index (χ2v) is 6.84. The molecule has 0 fully saturated rings. The summed E-state index contributed by atoms with van der Waals surface area (Å²) in [4.78, 5) is 44.5. The molecule has 1 aromatic heterocycles. The minimum atomic E-state index is -0.676. The average Bonchev–Trinajstić information content (AvgIpc) is 2.71. The number of amides is 2. The number of H-pyrrole nitrogens is 1. The molecule has 0 aliphatic carbocycles. The maximum atomic E-state index is 12.9. The van der Waals surface area contributed by atoms with Crippen LogP contribution in [0.1, 0.15) is 16.2 Å². The predicted octanol–water partition coefficient (Wildman–Crippen LogP) is 1.72. The Labute approximate surface area is 176 Å². The highest BCUT2D eigenvalue weighted by atomic mass is 35.5. The van der Waals surface area contributed by atoms with Gasteiger partial charge in [-0.2, -0.15) is 0 Å². The molecule has 0 atom stereocenters. The molecule has 156 valence electrons. The Kier molecular flexibility index (Phi) is 6.22. The topological polar surface area (TPSA) is 128 Å². The van der Waals surface area contributed by atoms with Crippen LogP contribution in [0.25, 0.3) is 10.9 Å². The van der Waals surface area contributed by atoms with Gasteiger partial charge < -0.3 is 25.1 Å². The van der Waals surface area contributed by atoms with Gasteiger partial charge in [-0.05, 0) is 24.3 Å². The third-order valence-corrected chi connectivity index (χ3v) is 4.51. The van der Waals surface area contributed by atoms with Crippen LogP contribution in [-0.2, 0) is 11.3 Å². The maximum absolute atomic E-state index is 12.9. The van der Waals surface area contributed by atoms with Crippen molar-refractivity contribution >= 4 is 34.3 Å². The van der Waals surface area contributed by atoms with E-state index in [4.69, 9.17) is 26.8 Å². The molecule has 30 heavy (non-hydrogen) atoms. The van der Waals surface area contributed by atoms with Crippen molar-refractivity contribution in [1.82, 2.24) is 14.9 Å². The minimum Gasteiger partial charge on any atom is -0.493 e. The number of fused-ring (bicyclic) bond motifs is 1. The van der Waals surface area contributed by atoms with Gasteiger partial charge in [0.15, 0.2) is 18.1 Å². The zero-order valence-corrected chi connectivity index (χ0v) is 17.0. The van der Waals surface area contributed by atoms with Crippen LogP contribution in [-0.4, -0.2) is 47.4 Å². The third kappa shape index (κ3) is 4.52. The minimum absolute atomic E-state index is 0.0682. The lowest BCUT2D eigenvalue weighted by Crippen LogP contribution is -2.28. The predicted molar refractivity (Wildman–Crippen MR) is 111 cm³/mol. The quantitative estimate of drug-likeness (QED) is 0.587. The van der Waals surface area contributed by atoms with Crippen molar-refractivity contribution in [2.24, 2.45) is 5.73 Å². The van der Waals surface area contributed by atoms with Crippen molar-refractivity contribution in [3.63, 3.8) is 0 Å². The van der Waals surface area contributed by atoms with Gasteiger partial charge in [0.1, 0.15) is 5.82 Å². The van der Waals surface area contributed by atoms with Gasteiger partial charge in [0.25, 0.3) is 17.4 Å². The van der Waals surface area contributed by atoms with E-state index in [9.17, 15) is 14.4 Å². The van der Waals surface area contributed by atoms with Crippen molar-refractivity contribution in [3.05, 3.63) is 63.2 Å². The summed E-state index contributed by atoms with van der Waals surface area (Å²) < 4.78 is 10.5. The number of nitrogens with two attached hydrogens (primary N) is 1. The van der Waals surface area contributed by atoms with Crippen molar-refractivity contribution in [2.45, 2.75) is 6.54 Å². The molecule has 2 amide bonds. The molecule has 0 bridgehead atoms. The number of carbonyl (C=O) groups excluding carboxylic acids is 2. The van der Waals surface area contributed by atoms with Gasteiger partial charge in [-0.15, -0.1) is 0 Å². The summed E-state index contributed by atoms with van der Waals surface area (Å²) in [6, 6.07) is 9.78. The highest BCUT2D eigenvalue weighted by Crippen LogP contribution is 2.36. The lowest BCUT2D eigenvalue weighted by Gasteiger charge is -2.18. The third-order valence-electron chi connectivity index (χ3n) is 4.23. The number of hydrogen-bond donors (Lipinski definition) is 2. The summed E-state index contributed by atoms with van der Waals surface area (Å²) >= 11 is 6.20. The number of hydrogen-bond acceptors (Lipinski definition) is 6. The molecule has 0 spiro atoms. The van der Waals surface area contributed by atoms with E-state index in [2.05, 4.69) is 9.97 Å². The van der Waals surface area contributed by atoms with Crippen LogP contribution in [0.4, 0.5) is 0 Å². The Morgan fingerprint density at radius 1 is 1.27 bits per heavy atom. The van der Waals surface area contributed by atoms with E-state index in [1.165, 1.54) is 24.1 Å². The molecule has 0 aliphatic heterocycles. The van der Waals surface area contributed by atoms with Crippen molar-refractivity contribution in [3.8, 4) is 11.5 Å². The maximum Gasteiger partial charge on any atom is 0.258 e. The van der Waals surface area contributed by atoms with Crippen LogP contribution >= 0.6 is 11.6 Å². The van der Waals surface area contributed by atoms with Crippen molar-refractivity contribution < 1.29 is 19.1 Å². The van der Waals surface area contributed by atoms with Crippen LogP contribution in [0.2, 0.25) is 5.02 Å². The number of aromatic amines is 1. The summed E-state index contributed by atoms with van der Waals surface area (Å²) in [6.07, 6.45) is 0. The lowest BCUT2D eigenvalue weighted by molar-refractivity contribution is -0.119. The highest BCUT2D eigenvalue weighted by Gasteiger charge is 2.20. The Bertz CT molecular complexity index is 1180. The Morgan fingerprint density at radius 3 is 2.70 bits per heavy atom. The highest BCUT2D eigenvalue weighted by molar-refractivity contribution is 6.32. The van der Waals surface area contributed by atoms with E-state index in [0.717, 1.165) is 0 Å². The van der Waals surface area contributed by atoms with E-state index < -0.39 is 5.91 Å². The molecule has 10 heteroatoms. The first-order valence-corrected chi connectivity index (χ1v) is 9.20. The first-order chi connectivity index (χ1) is 14.3. The molecule has 1 heterocycles. The Hall–Kier alpha value is -3.59. The number of methoxy groups -OCH3 is 1. The molecule has 0 saturated carbocycles. The SMILES string of the molecule is COc1cc(C(=O)N(C)Cc2nc3ccccc3c(=O)[nH]2)cc(Cl)c1OCC(N)=O. The number of benzene rings is 2. The van der Waals surface area contributed by atoms with E-state index in [1.807, 2.05) is 0 Å². The normalized spacial score (nSPS) is 10.6. The average molecular weight is 431 g/mol. The van der Waals surface area contributed by atoms with Crippen LogP contribution in [0.3, 0.4) is 0 Å². The lowest BCUT2D eigenvalue weighted by atomic mass is 10.1. The molecule has 0 radical (unpaired) electrons. The summed E-state index contributed by atoms with van der Waals surface area (Å²) in [7, 11) is 2.94. The van der Waals surface area contributed by atoms with Crippen LogP contribution in [0.15, 0.2) is 41.2 Å². The van der Waals surface area contributed by atoms with E-state index in [0.29, 0.717) is 16.7 Å². The van der Waals surface area contributed by atoms with E-state index >= 15 is 0 Å². The fraction of sp³-hybridized carbons (Fsp3) is 0.200. The van der Waals surface area contributed by atoms with E-state index in [-0.39, 0.29) is 46.7 Å². The molecular weight excluding hydrogens is 412 g/mol. The standard InChI is InChI=1S/C20H19ClN4O5/c1-25(9-17-23-14-6-4-3-5-12(14)19(27)24-17)20(28)11-7-13(21)18(15(8-11)29-2)30-10-16(22)26/h3-8H,9-10H2,1-2H3,(H2,22,26)(H,23,24,27). The Balaban J connectivity index is 1.84. The van der Waals surface area contributed by atoms with Gasteiger partial charge in [-0.1, -0.05) is 23.7 Å². The molecule has 3 N–H and O–H groups in total. The first kappa shape index (κ1) is 21.1. The van der Waals surface area contributed by atoms with Crippen LogP contribution in [0.5, 0.6) is 11.5 Å². The summed E-state index contributed by atoms with van der Waals surface area (Å²) in [5.41, 5.74) is 5.57. The fourth-order valence-electron chi connectivity index (χ4n) is 2.85. The van der Waals surface area contributed by atoms with Gasteiger partial charge in [0.05, 0.1) is 29.6 Å². The Morgan fingerprint density at radius 2 is 2.00 bits per heavy atom. The second-order valence-electron chi connectivity index (χ2n) is 6.44. The molecular formula is C20H19ClN4O5. The van der Waals surface area contributed by atoms with Crippen molar-refractivity contribution in [2.75, 3.05) is 20.8 Å². The first-order valence-electron chi connectivity index (χ1n) is 8.82. The monoisotopic (exact) mass is 430 g/mol. The zero-order chi connectivity index (χ0) is 21.8. The van der Waals surface area contributed by atoms with Gasteiger partial charge in [0.2, 0.25) is 0 Å². The smallest absolute Gasteiger partial charge is 0.258 e. The zero-order valence-electron chi connectivity index (χ0n) is 16.3. The summed E-state index contributed by atoms with van der Waals surface area (Å²) in [6.45, 7) is -0.316. The van der Waals surface area contributed by atoms with Gasteiger partial charge in [-0.3, -0.25) is 14.4 Å². The van der Waals surface area contributed by atoms with Crippen LogP contribution in [0, 0.1) is 0 Å². The number of nitrogens with one attached hydrogen (secondary N) is 1. The summed E-state index contributed by atoms with van der Waals surface area (Å²) in [5, 5.41) is 0.558. The molecule has 0 saturated heterocycles. The number of carbonyl (C=O) groups is 2. The number of halogens is 1. The summed E-state index contributed by atoms with van der Waals surface area (Å²) in [5.74, 6) is -0.429. The number of rotatable bonds is 7. The van der Waals surface area contributed by atoms with Crippen molar-refractivity contribution in [1.29, 1.82) is 0 Å². The molecule has 2 aromatic carbocycles. The number of para-hydroxylation sites is 1. The van der Waals surface area contributed by atoms with Gasteiger partial charge >= 0.3 is 0 Å². The van der Waals surface area contributed by atoms with Gasteiger partial charge in [-0.25, -0.2) is 4.98 Å². The number of nitrogens with zero attached hydrogens (tertiary/aromatic N) is 2. The number of primary amides is 1. The second kappa shape index (κ2) is 8.83. The largest absolute Gasteiger partial charge is 0.493 e. The fourth-order valence-corrected chi connectivity index (χ4v) is 3.12. The van der Waals surface area contributed by atoms with E-state index in [1.54, 1.807) is 31.3 Å². The molecule has 0 aliphatic rings. The number of ether oxygens (including phenoxy) is 2.